The van der Waals surface area contributed by atoms with Crippen molar-refractivity contribution in [2.45, 2.75) is 12.8 Å². The van der Waals surface area contributed by atoms with Crippen LogP contribution in [0.15, 0.2) is 24.3 Å². The van der Waals surface area contributed by atoms with E-state index in [9.17, 15) is 4.79 Å². The Morgan fingerprint density at radius 2 is 2.00 bits per heavy atom. The highest BCUT2D eigenvalue weighted by atomic mass is 16.5. The molecule has 0 unspecified atom stereocenters. The van der Waals surface area contributed by atoms with Gasteiger partial charge in [0, 0.05) is 6.61 Å². The standard InChI is InChI=1S/C10H12O3/c11-7-1-2-9-3-5-10(6-4-9)13-8-12/h3-6,8,11H,1-2,7H2. The summed E-state index contributed by atoms with van der Waals surface area (Å²) in [6, 6.07) is 7.24. The second kappa shape index (κ2) is 5.32. The van der Waals surface area contributed by atoms with E-state index in [4.69, 9.17) is 5.11 Å². The highest BCUT2D eigenvalue weighted by molar-refractivity contribution is 5.45. The summed E-state index contributed by atoms with van der Waals surface area (Å²) in [5, 5.41) is 8.60. The maximum absolute atomic E-state index is 9.98. The van der Waals surface area contributed by atoms with E-state index < -0.39 is 0 Å². The number of rotatable bonds is 5. The van der Waals surface area contributed by atoms with Gasteiger partial charge in [0.05, 0.1) is 0 Å². The van der Waals surface area contributed by atoms with Gasteiger partial charge < -0.3 is 9.84 Å². The van der Waals surface area contributed by atoms with Crippen molar-refractivity contribution in [3.05, 3.63) is 29.8 Å². The normalized spacial score (nSPS) is 9.62. The third-order valence-corrected chi connectivity index (χ3v) is 1.73. The molecule has 13 heavy (non-hydrogen) atoms. The molecule has 0 aliphatic rings. The first-order valence-corrected chi connectivity index (χ1v) is 4.17. The van der Waals surface area contributed by atoms with Crippen LogP contribution in [0.5, 0.6) is 5.75 Å². The summed E-state index contributed by atoms with van der Waals surface area (Å²) in [5.74, 6) is 0.544. The number of benzene rings is 1. The average molecular weight is 180 g/mol. The second-order valence-electron chi connectivity index (χ2n) is 2.69. The lowest BCUT2D eigenvalue weighted by Gasteiger charge is -2.00. The van der Waals surface area contributed by atoms with Crippen molar-refractivity contribution in [3.63, 3.8) is 0 Å². The van der Waals surface area contributed by atoms with E-state index in [0.29, 0.717) is 12.2 Å². The zero-order valence-electron chi connectivity index (χ0n) is 7.27. The molecule has 3 heteroatoms. The van der Waals surface area contributed by atoms with Crippen molar-refractivity contribution in [2.24, 2.45) is 0 Å². The van der Waals surface area contributed by atoms with Crippen molar-refractivity contribution in [1.29, 1.82) is 0 Å². The number of hydrogen-bond acceptors (Lipinski definition) is 3. The Balaban J connectivity index is 2.53. The maximum Gasteiger partial charge on any atom is 0.298 e. The van der Waals surface area contributed by atoms with Crippen LogP contribution in [0, 0.1) is 0 Å². The minimum absolute atomic E-state index is 0.201. The summed E-state index contributed by atoms with van der Waals surface area (Å²) in [6.07, 6.45) is 1.60. The van der Waals surface area contributed by atoms with Gasteiger partial charge in [0.1, 0.15) is 5.75 Å². The Morgan fingerprint density at radius 1 is 1.31 bits per heavy atom. The lowest BCUT2D eigenvalue weighted by Crippen LogP contribution is -1.91. The quantitative estimate of drug-likeness (QED) is 0.691. The van der Waals surface area contributed by atoms with Crippen molar-refractivity contribution >= 4 is 6.47 Å². The molecule has 0 radical (unpaired) electrons. The SMILES string of the molecule is O=COc1ccc(CCCO)cc1. The van der Waals surface area contributed by atoms with Gasteiger partial charge in [0.2, 0.25) is 0 Å². The fourth-order valence-corrected chi connectivity index (χ4v) is 1.07. The van der Waals surface area contributed by atoms with E-state index in [1.807, 2.05) is 12.1 Å². The number of carbonyl (C=O) groups excluding carboxylic acids is 1. The molecule has 1 aromatic rings. The van der Waals surface area contributed by atoms with Gasteiger partial charge in [0.15, 0.2) is 0 Å². The first-order valence-electron chi connectivity index (χ1n) is 4.17. The number of aryl methyl sites for hydroxylation is 1. The largest absolute Gasteiger partial charge is 0.429 e. The summed E-state index contributed by atoms with van der Waals surface area (Å²) in [7, 11) is 0. The van der Waals surface area contributed by atoms with E-state index in [0.717, 1.165) is 18.4 Å². The lowest BCUT2D eigenvalue weighted by molar-refractivity contribution is -0.120. The molecular weight excluding hydrogens is 168 g/mol. The van der Waals surface area contributed by atoms with Crippen LogP contribution < -0.4 is 4.74 Å². The summed E-state index contributed by atoms with van der Waals surface area (Å²) in [6.45, 7) is 0.606. The van der Waals surface area contributed by atoms with Gasteiger partial charge in [-0.2, -0.15) is 0 Å². The minimum atomic E-state index is 0.201. The van der Waals surface area contributed by atoms with E-state index in [1.54, 1.807) is 12.1 Å². The summed E-state index contributed by atoms with van der Waals surface area (Å²) >= 11 is 0. The Morgan fingerprint density at radius 3 is 2.54 bits per heavy atom. The van der Waals surface area contributed by atoms with Gasteiger partial charge in [-0.25, -0.2) is 0 Å². The fourth-order valence-electron chi connectivity index (χ4n) is 1.07. The first-order chi connectivity index (χ1) is 6.36. The van der Waals surface area contributed by atoms with Gasteiger partial charge in [-0.3, -0.25) is 4.79 Å². The van der Waals surface area contributed by atoms with Crippen molar-refractivity contribution < 1.29 is 14.6 Å². The van der Waals surface area contributed by atoms with Crippen LogP contribution in [0.3, 0.4) is 0 Å². The van der Waals surface area contributed by atoms with Crippen LogP contribution in [0.1, 0.15) is 12.0 Å². The van der Waals surface area contributed by atoms with Crippen LogP contribution in [0.4, 0.5) is 0 Å². The van der Waals surface area contributed by atoms with Gasteiger partial charge in [-0.05, 0) is 30.5 Å². The third-order valence-electron chi connectivity index (χ3n) is 1.73. The molecular formula is C10H12O3. The molecule has 1 aromatic carbocycles. The molecule has 0 saturated carbocycles. The minimum Gasteiger partial charge on any atom is -0.429 e. The van der Waals surface area contributed by atoms with Crippen LogP contribution in [-0.2, 0) is 11.2 Å². The first kappa shape index (κ1) is 9.74. The molecule has 0 bridgehead atoms. The van der Waals surface area contributed by atoms with Gasteiger partial charge in [-0.15, -0.1) is 0 Å². The van der Waals surface area contributed by atoms with Gasteiger partial charge in [-0.1, -0.05) is 12.1 Å². The van der Waals surface area contributed by atoms with Crippen LogP contribution in [-0.4, -0.2) is 18.2 Å². The highest BCUT2D eigenvalue weighted by Crippen LogP contribution is 2.12. The second-order valence-corrected chi connectivity index (χ2v) is 2.69. The third kappa shape index (κ3) is 3.25. The molecule has 1 rings (SSSR count). The lowest BCUT2D eigenvalue weighted by atomic mass is 10.1. The van der Waals surface area contributed by atoms with E-state index in [1.165, 1.54) is 0 Å². The van der Waals surface area contributed by atoms with Crippen LogP contribution in [0.2, 0.25) is 0 Å². The average Bonchev–Trinajstić information content (AvgIpc) is 2.17. The molecule has 0 saturated heterocycles. The molecule has 1 N–H and O–H groups in total. The number of carbonyl (C=O) groups is 1. The van der Waals surface area contributed by atoms with E-state index in [2.05, 4.69) is 4.74 Å². The molecule has 0 heterocycles. The van der Waals surface area contributed by atoms with Gasteiger partial charge >= 0.3 is 0 Å². The molecule has 3 nitrogen and oxygen atoms in total. The molecule has 0 atom stereocenters. The van der Waals surface area contributed by atoms with Gasteiger partial charge in [0.25, 0.3) is 6.47 Å². The molecule has 70 valence electrons. The number of hydrogen-bond donors (Lipinski definition) is 1. The van der Waals surface area contributed by atoms with Crippen LogP contribution >= 0.6 is 0 Å². The van der Waals surface area contributed by atoms with E-state index in [-0.39, 0.29) is 6.61 Å². The summed E-state index contributed by atoms with van der Waals surface area (Å²) in [5.41, 5.74) is 1.13. The Hall–Kier alpha value is -1.35. The predicted molar refractivity (Wildman–Crippen MR) is 48.5 cm³/mol. The van der Waals surface area contributed by atoms with Crippen molar-refractivity contribution in [1.82, 2.24) is 0 Å². The predicted octanol–water partition coefficient (Wildman–Crippen LogP) is 1.15. The van der Waals surface area contributed by atoms with Crippen molar-refractivity contribution in [2.75, 3.05) is 6.61 Å². The topological polar surface area (TPSA) is 46.5 Å². The zero-order valence-corrected chi connectivity index (χ0v) is 7.27. The Labute approximate surface area is 77.0 Å². The molecule has 0 spiro atoms. The fraction of sp³-hybridized carbons (Fsp3) is 0.300. The maximum atomic E-state index is 9.98. The highest BCUT2D eigenvalue weighted by Gasteiger charge is 1.94. The smallest absolute Gasteiger partial charge is 0.298 e. The molecule has 0 aromatic heterocycles. The number of aliphatic hydroxyl groups is 1. The Kier molecular flexibility index (Phi) is 3.99. The zero-order chi connectivity index (χ0) is 9.52. The monoisotopic (exact) mass is 180 g/mol. The molecule has 0 aliphatic carbocycles. The number of aliphatic hydroxyl groups excluding tert-OH is 1. The molecule has 0 amide bonds. The molecule has 0 aliphatic heterocycles. The Bertz CT molecular complexity index is 253. The number of ether oxygens (including phenoxy) is 1. The summed E-state index contributed by atoms with van der Waals surface area (Å²) < 4.78 is 4.64. The van der Waals surface area contributed by atoms with E-state index >= 15 is 0 Å². The molecule has 0 fully saturated rings. The van der Waals surface area contributed by atoms with Crippen molar-refractivity contribution in [3.8, 4) is 5.75 Å². The summed E-state index contributed by atoms with van der Waals surface area (Å²) in [4.78, 5) is 9.98. The van der Waals surface area contributed by atoms with Crippen LogP contribution in [0.25, 0.3) is 0 Å².